The molecule has 0 aliphatic rings. The third-order valence-corrected chi connectivity index (χ3v) is 2.89. The van der Waals surface area contributed by atoms with Gasteiger partial charge in [-0.15, -0.1) is 6.58 Å². The highest BCUT2D eigenvalue weighted by Crippen LogP contribution is 2.13. The van der Waals surface area contributed by atoms with E-state index < -0.39 is 0 Å². The van der Waals surface area contributed by atoms with E-state index in [1.165, 1.54) is 16.7 Å². The van der Waals surface area contributed by atoms with Gasteiger partial charge in [-0.05, 0) is 44.4 Å². The highest BCUT2D eigenvalue weighted by molar-refractivity contribution is 5.31. The summed E-state index contributed by atoms with van der Waals surface area (Å²) in [7, 11) is 0. The van der Waals surface area contributed by atoms with Gasteiger partial charge in [0.15, 0.2) is 0 Å². The van der Waals surface area contributed by atoms with Crippen molar-refractivity contribution in [2.24, 2.45) is 0 Å². The molecule has 88 valence electrons. The molecule has 16 heavy (non-hydrogen) atoms. The van der Waals surface area contributed by atoms with Crippen LogP contribution in [0.1, 0.15) is 30.0 Å². The van der Waals surface area contributed by atoms with Crippen LogP contribution in [-0.4, -0.2) is 12.6 Å². The van der Waals surface area contributed by atoms with E-state index in [4.69, 9.17) is 0 Å². The molecule has 1 nitrogen and oxygen atoms in total. The summed E-state index contributed by atoms with van der Waals surface area (Å²) < 4.78 is 0. The third kappa shape index (κ3) is 3.82. The maximum absolute atomic E-state index is 3.90. The van der Waals surface area contributed by atoms with Crippen molar-refractivity contribution < 1.29 is 0 Å². The molecule has 1 rings (SSSR count). The molecule has 0 aliphatic heterocycles. The van der Waals surface area contributed by atoms with Crippen LogP contribution in [0.4, 0.5) is 0 Å². The second-order valence-electron chi connectivity index (χ2n) is 4.43. The Kier molecular flexibility index (Phi) is 5.27. The number of hydrogen-bond donors (Lipinski definition) is 1. The maximum atomic E-state index is 3.90. The molecule has 1 heteroatoms. The summed E-state index contributed by atoms with van der Waals surface area (Å²) >= 11 is 0. The van der Waals surface area contributed by atoms with E-state index in [0.717, 1.165) is 19.4 Å². The lowest BCUT2D eigenvalue weighted by Crippen LogP contribution is -2.29. The minimum Gasteiger partial charge on any atom is -0.310 e. The highest BCUT2D eigenvalue weighted by Gasteiger charge is 2.06. The van der Waals surface area contributed by atoms with Crippen molar-refractivity contribution in [2.75, 3.05) is 6.54 Å². The lowest BCUT2D eigenvalue weighted by atomic mass is 9.99. The zero-order chi connectivity index (χ0) is 12.0. The van der Waals surface area contributed by atoms with Gasteiger partial charge in [0.05, 0.1) is 0 Å². The van der Waals surface area contributed by atoms with Crippen LogP contribution in [0, 0.1) is 13.8 Å². The van der Waals surface area contributed by atoms with Crippen LogP contribution in [-0.2, 0) is 6.42 Å². The molecular weight excluding hydrogens is 194 g/mol. The van der Waals surface area contributed by atoms with Gasteiger partial charge in [-0.25, -0.2) is 0 Å². The first-order valence-corrected chi connectivity index (χ1v) is 6.09. The fourth-order valence-electron chi connectivity index (χ4n) is 1.83. The van der Waals surface area contributed by atoms with Crippen molar-refractivity contribution in [1.82, 2.24) is 5.32 Å². The van der Waals surface area contributed by atoms with E-state index in [1.807, 2.05) is 6.08 Å². The van der Waals surface area contributed by atoms with Gasteiger partial charge in [-0.2, -0.15) is 0 Å². The van der Waals surface area contributed by atoms with Crippen LogP contribution in [0.15, 0.2) is 30.9 Å². The zero-order valence-electron chi connectivity index (χ0n) is 10.7. The minimum atomic E-state index is 0.389. The Hall–Kier alpha value is -1.08. The van der Waals surface area contributed by atoms with Gasteiger partial charge >= 0.3 is 0 Å². The van der Waals surface area contributed by atoms with Crippen LogP contribution >= 0.6 is 0 Å². The fraction of sp³-hybridized carbons (Fsp3) is 0.467. The average Bonchev–Trinajstić information content (AvgIpc) is 2.28. The third-order valence-electron chi connectivity index (χ3n) is 2.89. The number of aryl methyl sites for hydroxylation is 2. The molecule has 1 aromatic rings. The lowest BCUT2D eigenvalue weighted by molar-refractivity contribution is 0.584. The number of benzene rings is 1. The molecular formula is C15H23N. The molecule has 0 heterocycles. The first kappa shape index (κ1) is 13.0. The van der Waals surface area contributed by atoms with Gasteiger partial charge in [0.2, 0.25) is 0 Å². The molecule has 0 bridgehead atoms. The van der Waals surface area contributed by atoms with E-state index in [-0.39, 0.29) is 0 Å². The Balaban J connectivity index is 2.69. The van der Waals surface area contributed by atoms with Crippen molar-refractivity contribution in [3.8, 4) is 0 Å². The molecule has 0 fully saturated rings. The highest BCUT2D eigenvalue weighted by atomic mass is 14.9. The SMILES string of the molecule is C=CC(Cc1cc(C)ccc1C)NCCC. The molecule has 1 N–H and O–H groups in total. The summed E-state index contributed by atoms with van der Waals surface area (Å²) in [6, 6.07) is 7.03. The van der Waals surface area contributed by atoms with Gasteiger partial charge in [0.25, 0.3) is 0 Å². The quantitative estimate of drug-likeness (QED) is 0.720. The van der Waals surface area contributed by atoms with Gasteiger partial charge in [-0.1, -0.05) is 36.8 Å². The van der Waals surface area contributed by atoms with E-state index in [0.29, 0.717) is 6.04 Å². The van der Waals surface area contributed by atoms with Crippen LogP contribution in [0.25, 0.3) is 0 Å². The van der Waals surface area contributed by atoms with E-state index in [9.17, 15) is 0 Å². The molecule has 1 atom stereocenters. The second kappa shape index (κ2) is 6.49. The number of nitrogens with one attached hydrogen (secondary N) is 1. The van der Waals surface area contributed by atoms with Gasteiger partial charge in [-0.3, -0.25) is 0 Å². The van der Waals surface area contributed by atoms with Crippen molar-refractivity contribution in [2.45, 2.75) is 39.7 Å². The Morgan fingerprint density at radius 2 is 2.12 bits per heavy atom. The van der Waals surface area contributed by atoms with Crippen LogP contribution in [0.5, 0.6) is 0 Å². The monoisotopic (exact) mass is 217 g/mol. The normalized spacial score (nSPS) is 12.4. The van der Waals surface area contributed by atoms with Crippen molar-refractivity contribution >= 4 is 0 Å². The van der Waals surface area contributed by atoms with Crippen LogP contribution in [0.2, 0.25) is 0 Å². The van der Waals surface area contributed by atoms with Crippen molar-refractivity contribution in [1.29, 1.82) is 0 Å². The molecule has 0 saturated heterocycles. The van der Waals surface area contributed by atoms with Crippen molar-refractivity contribution in [3.05, 3.63) is 47.5 Å². The Labute approximate surface area is 99.6 Å². The summed E-state index contributed by atoms with van der Waals surface area (Å²) in [6.45, 7) is 11.5. The van der Waals surface area contributed by atoms with Crippen LogP contribution in [0.3, 0.4) is 0 Å². The summed E-state index contributed by atoms with van der Waals surface area (Å²) in [4.78, 5) is 0. The topological polar surface area (TPSA) is 12.0 Å². The maximum Gasteiger partial charge on any atom is 0.0287 e. The summed E-state index contributed by atoms with van der Waals surface area (Å²) in [6.07, 6.45) is 4.21. The van der Waals surface area contributed by atoms with Crippen LogP contribution < -0.4 is 5.32 Å². The number of rotatable bonds is 6. The Morgan fingerprint density at radius 1 is 1.38 bits per heavy atom. The predicted octanol–water partition coefficient (Wildman–Crippen LogP) is 3.40. The minimum absolute atomic E-state index is 0.389. The van der Waals surface area contributed by atoms with E-state index >= 15 is 0 Å². The lowest BCUT2D eigenvalue weighted by Gasteiger charge is -2.16. The second-order valence-corrected chi connectivity index (χ2v) is 4.43. The fourth-order valence-corrected chi connectivity index (χ4v) is 1.83. The molecule has 0 aromatic heterocycles. The molecule has 0 saturated carbocycles. The predicted molar refractivity (Wildman–Crippen MR) is 71.9 cm³/mol. The van der Waals surface area contributed by atoms with Gasteiger partial charge in [0.1, 0.15) is 0 Å². The Morgan fingerprint density at radius 3 is 2.75 bits per heavy atom. The molecule has 0 aliphatic carbocycles. The first-order valence-electron chi connectivity index (χ1n) is 6.09. The van der Waals surface area contributed by atoms with Crippen molar-refractivity contribution in [3.63, 3.8) is 0 Å². The average molecular weight is 217 g/mol. The standard InChI is InChI=1S/C15H23N/c1-5-9-16-15(6-2)11-14-10-12(3)7-8-13(14)4/h6-8,10,15-16H,2,5,9,11H2,1,3-4H3. The van der Waals surface area contributed by atoms with Gasteiger partial charge in [0, 0.05) is 6.04 Å². The Bertz CT molecular complexity index is 341. The summed E-state index contributed by atoms with van der Waals surface area (Å²) in [5.74, 6) is 0. The molecule has 0 radical (unpaired) electrons. The first-order chi connectivity index (χ1) is 7.67. The summed E-state index contributed by atoms with van der Waals surface area (Å²) in [5, 5.41) is 3.50. The smallest absolute Gasteiger partial charge is 0.0287 e. The number of hydrogen-bond acceptors (Lipinski definition) is 1. The van der Waals surface area contributed by atoms with E-state index in [2.05, 4.69) is 50.9 Å². The zero-order valence-corrected chi connectivity index (χ0v) is 10.7. The molecule has 1 unspecified atom stereocenters. The van der Waals surface area contributed by atoms with E-state index in [1.54, 1.807) is 0 Å². The molecule has 1 aromatic carbocycles. The molecule has 0 spiro atoms. The summed E-state index contributed by atoms with van der Waals surface area (Å²) in [5.41, 5.74) is 4.13. The molecule has 0 amide bonds. The van der Waals surface area contributed by atoms with Gasteiger partial charge < -0.3 is 5.32 Å². The largest absolute Gasteiger partial charge is 0.310 e.